The van der Waals surface area contributed by atoms with E-state index in [1.807, 2.05) is 48.1 Å². The number of rotatable bonds is 3. The first kappa shape index (κ1) is 13.9. The second kappa shape index (κ2) is 5.77. The van der Waals surface area contributed by atoms with Crippen LogP contribution in [0.2, 0.25) is 0 Å². The highest BCUT2D eigenvalue weighted by molar-refractivity contribution is 6.04. The van der Waals surface area contributed by atoms with Crippen LogP contribution in [0.5, 0.6) is 5.75 Å². The normalized spacial score (nSPS) is 10.4. The molecule has 4 nitrogen and oxygen atoms in total. The van der Waals surface area contributed by atoms with E-state index in [9.17, 15) is 9.90 Å². The number of phenols is 1. The summed E-state index contributed by atoms with van der Waals surface area (Å²) in [5, 5.41) is 12.2. The Kier molecular flexibility index (Phi) is 3.66. The number of amides is 1. The molecule has 1 amide bonds. The quantitative estimate of drug-likeness (QED) is 0.722. The second-order valence-corrected chi connectivity index (χ2v) is 5.09. The number of carbonyl (C=O) groups excluding carboxylic acids is 1. The zero-order valence-electron chi connectivity index (χ0n) is 12.2. The van der Waals surface area contributed by atoms with E-state index in [4.69, 9.17) is 0 Å². The molecule has 22 heavy (non-hydrogen) atoms. The molecule has 2 aromatic carbocycles. The van der Waals surface area contributed by atoms with Crippen molar-refractivity contribution in [1.82, 2.24) is 4.57 Å². The van der Waals surface area contributed by atoms with Gasteiger partial charge in [0.25, 0.3) is 5.91 Å². The van der Waals surface area contributed by atoms with Gasteiger partial charge >= 0.3 is 0 Å². The van der Waals surface area contributed by atoms with E-state index in [0.717, 1.165) is 11.3 Å². The van der Waals surface area contributed by atoms with Gasteiger partial charge in [0.1, 0.15) is 5.75 Å². The van der Waals surface area contributed by atoms with Crippen LogP contribution < -0.4 is 5.32 Å². The maximum absolute atomic E-state index is 12.3. The van der Waals surface area contributed by atoms with Gasteiger partial charge in [-0.2, -0.15) is 0 Å². The van der Waals surface area contributed by atoms with Gasteiger partial charge in [-0.25, -0.2) is 0 Å². The Labute approximate surface area is 128 Å². The van der Waals surface area contributed by atoms with Gasteiger partial charge in [-0.15, -0.1) is 0 Å². The zero-order valence-corrected chi connectivity index (χ0v) is 12.2. The standard InChI is InChI=1S/C18H16N2O2/c1-13-12-16(21)8-9-17(13)19-18(22)14-4-6-15(7-5-14)20-10-2-3-11-20/h2-12,21H,1H3,(H,19,22). The van der Waals surface area contributed by atoms with Gasteiger partial charge in [0.2, 0.25) is 0 Å². The average molecular weight is 292 g/mol. The van der Waals surface area contributed by atoms with Crippen LogP contribution in [0.15, 0.2) is 67.0 Å². The number of phenolic OH excluding ortho intramolecular Hbond substituents is 1. The number of anilines is 1. The molecule has 1 heterocycles. The van der Waals surface area contributed by atoms with Gasteiger partial charge in [0.15, 0.2) is 0 Å². The maximum Gasteiger partial charge on any atom is 0.255 e. The van der Waals surface area contributed by atoms with Crippen LogP contribution in [-0.2, 0) is 0 Å². The summed E-state index contributed by atoms with van der Waals surface area (Å²) in [5.41, 5.74) is 3.10. The van der Waals surface area contributed by atoms with Crippen LogP contribution in [0.4, 0.5) is 5.69 Å². The van der Waals surface area contributed by atoms with E-state index in [1.165, 1.54) is 0 Å². The van der Waals surface area contributed by atoms with Gasteiger partial charge in [-0.05, 0) is 67.1 Å². The fourth-order valence-electron chi connectivity index (χ4n) is 2.27. The summed E-state index contributed by atoms with van der Waals surface area (Å²) in [6.45, 7) is 1.84. The number of carbonyl (C=O) groups is 1. The molecule has 1 aromatic heterocycles. The fraction of sp³-hybridized carbons (Fsp3) is 0.0556. The summed E-state index contributed by atoms with van der Waals surface area (Å²) in [6, 6.07) is 16.2. The minimum absolute atomic E-state index is 0.173. The molecular formula is C18H16N2O2. The molecular weight excluding hydrogens is 276 g/mol. The third kappa shape index (κ3) is 2.86. The van der Waals surface area contributed by atoms with E-state index < -0.39 is 0 Å². The topological polar surface area (TPSA) is 54.3 Å². The second-order valence-electron chi connectivity index (χ2n) is 5.09. The first-order valence-electron chi connectivity index (χ1n) is 6.98. The highest BCUT2D eigenvalue weighted by Gasteiger charge is 2.08. The lowest BCUT2D eigenvalue weighted by Gasteiger charge is -2.09. The molecule has 0 bridgehead atoms. The zero-order chi connectivity index (χ0) is 15.5. The molecule has 0 atom stereocenters. The molecule has 3 aromatic rings. The molecule has 0 spiro atoms. The lowest BCUT2D eigenvalue weighted by atomic mass is 10.1. The van der Waals surface area contributed by atoms with Crippen molar-refractivity contribution in [3.05, 3.63) is 78.1 Å². The van der Waals surface area contributed by atoms with Gasteiger partial charge in [-0.1, -0.05) is 0 Å². The molecule has 4 heteroatoms. The van der Waals surface area contributed by atoms with Crippen molar-refractivity contribution >= 4 is 11.6 Å². The third-order valence-corrected chi connectivity index (χ3v) is 3.49. The molecule has 3 rings (SSSR count). The molecule has 0 saturated heterocycles. The van der Waals surface area contributed by atoms with Gasteiger partial charge in [0, 0.05) is 29.3 Å². The van der Waals surface area contributed by atoms with Gasteiger partial charge < -0.3 is 15.0 Å². The van der Waals surface area contributed by atoms with E-state index in [1.54, 1.807) is 30.3 Å². The SMILES string of the molecule is Cc1cc(O)ccc1NC(=O)c1ccc(-n2cccc2)cc1. The summed E-state index contributed by atoms with van der Waals surface area (Å²) < 4.78 is 1.98. The first-order chi connectivity index (χ1) is 10.6. The van der Waals surface area contributed by atoms with Crippen molar-refractivity contribution in [3.8, 4) is 11.4 Å². The number of benzene rings is 2. The molecule has 110 valence electrons. The minimum Gasteiger partial charge on any atom is -0.508 e. The Morgan fingerprint density at radius 1 is 1.05 bits per heavy atom. The fourth-order valence-corrected chi connectivity index (χ4v) is 2.27. The van der Waals surface area contributed by atoms with Crippen LogP contribution >= 0.6 is 0 Å². The Bertz CT molecular complexity index is 790. The lowest BCUT2D eigenvalue weighted by molar-refractivity contribution is 0.102. The Balaban J connectivity index is 1.77. The van der Waals surface area contributed by atoms with Crippen LogP contribution in [-0.4, -0.2) is 15.6 Å². The van der Waals surface area contributed by atoms with E-state index in [2.05, 4.69) is 5.32 Å². The first-order valence-corrected chi connectivity index (χ1v) is 6.98. The van der Waals surface area contributed by atoms with E-state index in [0.29, 0.717) is 11.3 Å². The van der Waals surface area contributed by atoms with Crippen molar-refractivity contribution in [1.29, 1.82) is 0 Å². The van der Waals surface area contributed by atoms with E-state index in [-0.39, 0.29) is 11.7 Å². The number of nitrogens with zero attached hydrogens (tertiary/aromatic N) is 1. The summed E-state index contributed by atoms with van der Waals surface area (Å²) >= 11 is 0. The lowest BCUT2D eigenvalue weighted by Crippen LogP contribution is -2.12. The number of hydrogen-bond donors (Lipinski definition) is 2. The van der Waals surface area contributed by atoms with Crippen LogP contribution in [0.1, 0.15) is 15.9 Å². The van der Waals surface area contributed by atoms with Crippen molar-refractivity contribution in [2.24, 2.45) is 0 Å². The largest absolute Gasteiger partial charge is 0.508 e. The highest BCUT2D eigenvalue weighted by Crippen LogP contribution is 2.21. The highest BCUT2D eigenvalue weighted by atomic mass is 16.3. The summed E-state index contributed by atoms with van der Waals surface area (Å²) in [4.78, 5) is 12.3. The molecule has 0 unspecified atom stereocenters. The van der Waals surface area contributed by atoms with Crippen LogP contribution in [0, 0.1) is 6.92 Å². The molecule has 2 N–H and O–H groups in total. The molecule has 0 aliphatic heterocycles. The number of hydrogen-bond acceptors (Lipinski definition) is 2. The molecule has 0 saturated carbocycles. The average Bonchev–Trinajstić information content (AvgIpc) is 3.04. The molecule has 0 radical (unpaired) electrons. The van der Waals surface area contributed by atoms with Gasteiger partial charge in [-0.3, -0.25) is 4.79 Å². The Morgan fingerprint density at radius 2 is 1.73 bits per heavy atom. The molecule has 0 aliphatic carbocycles. The number of aromatic hydroxyl groups is 1. The van der Waals surface area contributed by atoms with Crippen molar-refractivity contribution in [2.75, 3.05) is 5.32 Å². The minimum atomic E-state index is -0.173. The predicted octanol–water partition coefficient (Wildman–Crippen LogP) is 3.74. The number of nitrogens with one attached hydrogen (secondary N) is 1. The summed E-state index contributed by atoms with van der Waals surface area (Å²) in [7, 11) is 0. The van der Waals surface area contributed by atoms with Crippen molar-refractivity contribution in [3.63, 3.8) is 0 Å². The molecule has 0 aliphatic rings. The summed E-state index contributed by atoms with van der Waals surface area (Å²) in [5.74, 6) is 0.0134. The Morgan fingerprint density at radius 3 is 2.36 bits per heavy atom. The smallest absolute Gasteiger partial charge is 0.255 e. The van der Waals surface area contributed by atoms with E-state index >= 15 is 0 Å². The monoisotopic (exact) mass is 292 g/mol. The third-order valence-electron chi connectivity index (χ3n) is 3.49. The van der Waals surface area contributed by atoms with Crippen LogP contribution in [0.25, 0.3) is 5.69 Å². The maximum atomic E-state index is 12.3. The predicted molar refractivity (Wildman–Crippen MR) is 86.6 cm³/mol. The summed E-state index contributed by atoms with van der Waals surface area (Å²) in [6.07, 6.45) is 3.91. The Hall–Kier alpha value is -3.01. The molecule has 0 fully saturated rings. The number of aromatic nitrogens is 1. The van der Waals surface area contributed by atoms with Crippen molar-refractivity contribution < 1.29 is 9.90 Å². The number of aryl methyl sites for hydroxylation is 1. The van der Waals surface area contributed by atoms with Gasteiger partial charge in [0.05, 0.1) is 0 Å². The van der Waals surface area contributed by atoms with Crippen LogP contribution in [0.3, 0.4) is 0 Å². The van der Waals surface area contributed by atoms with Crippen molar-refractivity contribution in [2.45, 2.75) is 6.92 Å².